The number of H-pyrrole nitrogens is 1. The molecule has 1 atom stereocenters. The van der Waals surface area contributed by atoms with Crippen LogP contribution >= 0.6 is 0 Å². The van der Waals surface area contributed by atoms with E-state index < -0.39 is 0 Å². The molecule has 0 unspecified atom stereocenters. The van der Waals surface area contributed by atoms with Crippen LogP contribution in [0.15, 0.2) is 24.3 Å². The Kier molecular flexibility index (Phi) is 3.62. The van der Waals surface area contributed by atoms with Crippen LogP contribution in [0.3, 0.4) is 0 Å². The predicted octanol–water partition coefficient (Wildman–Crippen LogP) is 1.65. The molecule has 3 aromatic rings. The van der Waals surface area contributed by atoms with E-state index in [0.717, 1.165) is 28.0 Å². The molecule has 0 bridgehead atoms. The number of aryl methyl sites for hydroxylation is 2. The van der Waals surface area contributed by atoms with E-state index in [-0.39, 0.29) is 18.5 Å². The Morgan fingerprint density at radius 3 is 2.45 bits per heavy atom. The Morgan fingerprint density at radius 1 is 1.27 bits per heavy atom. The standard InChI is InChI=1S/C15H18N6O/c1-9(15-10(2)17-18-11(15)3)16-14(22)8-21-19-12-6-4-5-7-13(12)20-21/h4-7,9H,8H2,1-3H3,(H,16,22)(H,17,18)/t9-/m0/s1. The van der Waals surface area contributed by atoms with Crippen molar-refractivity contribution in [3.8, 4) is 0 Å². The fourth-order valence-corrected chi connectivity index (χ4v) is 2.66. The van der Waals surface area contributed by atoms with Crippen LogP contribution in [0.2, 0.25) is 0 Å². The van der Waals surface area contributed by atoms with Crippen molar-refractivity contribution < 1.29 is 4.79 Å². The summed E-state index contributed by atoms with van der Waals surface area (Å²) in [6, 6.07) is 7.42. The van der Waals surface area contributed by atoms with E-state index in [9.17, 15) is 4.79 Å². The Morgan fingerprint density at radius 2 is 1.91 bits per heavy atom. The van der Waals surface area contributed by atoms with Gasteiger partial charge in [0, 0.05) is 11.3 Å². The Labute approximate surface area is 127 Å². The molecule has 1 amide bonds. The third kappa shape index (κ3) is 2.69. The maximum atomic E-state index is 12.2. The van der Waals surface area contributed by atoms with E-state index in [1.54, 1.807) is 0 Å². The second-order valence-corrected chi connectivity index (χ2v) is 5.36. The summed E-state index contributed by atoms with van der Waals surface area (Å²) in [7, 11) is 0. The first-order chi connectivity index (χ1) is 10.5. The molecule has 0 saturated heterocycles. The molecule has 0 spiro atoms. The number of carbonyl (C=O) groups is 1. The minimum atomic E-state index is -0.132. The van der Waals surface area contributed by atoms with Gasteiger partial charge in [-0.25, -0.2) is 0 Å². The molecule has 2 N–H and O–H groups in total. The van der Waals surface area contributed by atoms with Crippen molar-refractivity contribution in [1.82, 2.24) is 30.5 Å². The molecular formula is C15H18N6O. The molecule has 7 heteroatoms. The van der Waals surface area contributed by atoms with Gasteiger partial charge in [-0.1, -0.05) is 12.1 Å². The lowest BCUT2D eigenvalue weighted by Gasteiger charge is -2.14. The molecule has 3 rings (SSSR count). The third-order valence-electron chi connectivity index (χ3n) is 3.61. The molecular weight excluding hydrogens is 280 g/mol. The first-order valence-corrected chi connectivity index (χ1v) is 7.15. The number of rotatable bonds is 4. The first-order valence-electron chi connectivity index (χ1n) is 7.15. The highest BCUT2D eigenvalue weighted by atomic mass is 16.2. The normalized spacial score (nSPS) is 12.5. The summed E-state index contributed by atoms with van der Waals surface area (Å²) in [5, 5.41) is 18.6. The lowest BCUT2D eigenvalue weighted by atomic mass is 10.1. The van der Waals surface area contributed by atoms with Crippen LogP contribution in [0.1, 0.15) is 29.9 Å². The number of aromatic nitrogens is 5. The smallest absolute Gasteiger partial charge is 0.244 e. The van der Waals surface area contributed by atoms with Crippen molar-refractivity contribution in [2.45, 2.75) is 33.4 Å². The topological polar surface area (TPSA) is 88.5 Å². The average Bonchev–Trinajstić information content (AvgIpc) is 3.01. The summed E-state index contributed by atoms with van der Waals surface area (Å²) in [5.41, 5.74) is 4.45. The zero-order valence-electron chi connectivity index (χ0n) is 12.8. The van der Waals surface area contributed by atoms with Gasteiger partial charge in [0.1, 0.15) is 17.6 Å². The van der Waals surface area contributed by atoms with Gasteiger partial charge in [-0.2, -0.15) is 20.1 Å². The molecule has 0 radical (unpaired) electrons. The first kappa shape index (κ1) is 14.2. The van der Waals surface area contributed by atoms with Crippen molar-refractivity contribution >= 4 is 16.9 Å². The molecule has 22 heavy (non-hydrogen) atoms. The number of aromatic amines is 1. The Bertz CT molecular complexity index is 766. The minimum absolute atomic E-state index is 0.0922. The molecule has 0 aliphatic carbocycles. The van der Waals surface area contributed by atoms with Crippen LogP contribution in [0.5, 0.6) is 0 Å². The van der Waals surface area contributed by atoms with Gasteiger partial charge < -0.3 is 5.32 Å². The van der Waals surface area contributed by atoms with Gasteiger partial charge in [-0.15, -0.1) is 0 Å². The summed E-state index contributed by atoms with van der Waals surface area (Å²) in [4.78, 5) is 13.6. The van der Waals surface area contributed by atoms with Crippen LogP contribution in [-0.4, -0.2) is 31.1 Å². The summed E-state index contributed by atoms with van der Waals surface area (Å²) in [5.74, 6) is -0.132. The minimum Gasteiger partial charge on any atom is -0.348 e. The lowest BCUT2D eigenvalue weighted by Crippen LogP contribution is -2.31. The Hall–Kier alpha value is -2.70. The van der Waals surface area contributed by atoms with Crippen LogP contribution in [-0.2, 0) is 11.3 Å². The quantitative estimate of drug-likeness (QED) is 0.766. The fraction of sp³-hybridized carbons (Fsp3) is 0.333. The van der Waals surface area contributed by atoms with Gasteiger partial charge in [-0.05, 0) is 32.9 Å². The largest absolute Gasteiger partial charge is 0.348 e. The fourth-order valence-electron chi connectivity index (χ4n) is 2.66. The van der Waals surface area contributed by atoms with Gasteiger partial charge in [0.15, 0.2) is 0 Å². The van der Waals surface area contributed by atoms with Crippen molar-refractivity contribution in [2.24, 2.45) is 0 Å². The highest BCUT2D eigenvalue weighted by Crippen LogP contribution is 2.18. The zero-order chi connectivity index (χ0) is 15.7. The SMILES string of the molecule is Cc1n[nH]c(C)c1[C@H](C)NC(=O)Cn1nc2ccccc2n1. The molecule has 7 nitrogen and oxygen atoms in total. The molecule has 0 aliphatic rings. The van der Waals surface area contributed by atoms with E-state index >= 15 is 0 Å². The van der Waals surface area contributed by atoms with E-state index in [1.807, 2.05) is 45.0 Å². The molecule has 2 aromatic heterocycles. The number of hydrogen-bond acceptors (Lipinski definition) is 4. The summed E-state index contributed by atoms with van der Waals surface area (Å²) < 4.78 is 0. The lowest BCUT2D eigenvalue weighted by molar-refractivity contribution is -0.122. The Balaban J connectivity index is 1.69. The summed E-state index contributed by atoms with van der Waals surface area (Å²) in [6.45, 7) is 5.90. The van der Waals surface area contributed by atoms with E-state index in [4.69, 9.17) is 0 Å². The number of nitrogens with zero attached hydrogens (tertiary/aromatic N) is 4. The van der Waals surface area contributed by atoms with Gasteiger partial charge in [-0.3, -0.25) is 9.89 Å². The summed E-state index contributed by atoms with van der Waals surface area (Å²) in [6.07, 6.45) is 0. The maximum absolute atomic E-state index is 12.2. The van der Waals surface area contributed by atoms with Crippen molar-refractivity contribution in [3.63, 3.8) is 0 Å². The van der Waals surface area contributed by atoms with Gasteiger partial charge in [0.25, 0.3) is 0 Å². The maximum Gasteiger partial charge on any atom is 0.244 e. The highest BCUT2D eigenvalue weighted by Gasteiger charge is 2.17. The predicted molar refractivity (Wildman–Crippen MR) is 82.1 cm³/mol. The number of fused-ring (bicyclic) bond motifs is 1. The van der Waals surface area contributed by atoms with E-state index in [0.29, 0.717) is 0 Å². The number of benzene rings is 1. The number of carbonyl (C=O) groups excluding carboxylic acids is 1. The number of hydrogen-bond donors (Lipinski definition) is 2. The summed E-state index contributed by atoms with van der Waals surface area (Å²) >= 11 is 0. The van der Waals surface area contributed by atoms with Crippen LogP contribution in [0.25, 0.3) is 11.0 Å². The van der Waals surface area contributed by atoms with Crippen LogP contribution in [0.4, 0.5) is 0 Å². The molecule has 1 aromatic carbocycles. The van der Waals surface area contributed by atoms with Crippen LogP contribution in [0, 0.1) is 13.8 Å². The monoisotopic (exact) mass is 298 g/mol. The molecule has 0 fully saturated rings. The number of amides is 1. The molecule has 0 aliphatic heterocycles. The van der Waals surface area contributed by atoms with Crippen molar-refractivity contribution in [1.29, 1.82) is 0 Å². The van der Waals surface area contributed by atoms with Crippen molar-refractivity contribution in [2.75, 3.05) is 0 Å². The zero-order valence-corrected chi connectivity index (χ0v) is 12.8. The average molecular weight is 298 g/mol. The van der Waals surface area contributed by atoms with E-state index in [1.165, 1.54) is 4.80 Å². The molecule has 114 valence electrons. The van der Waals surface area contributed by atoms with Gasteiger partial charge in [0.2, 0.25) is 5.91 Å². The second-order valence-electron chi connectivity index (χ2n) is 5.36. The van der Waals surface area contributed by atoms with Crippen LogP contribution < -0.4 is 5.32 Å². The molecule has 0 saturated carbocycles. The van der Waals surface area contributed by atoms with Crippen molar-refractivity contribution in [3.05, 3.63) is 41.2 Å². The van der Waals surface area contributed by atoms with Gasteiger partial charge in [0.05, 0.1) is 11.7 Å². The highest BCUT2D eigenvalue weighted by molar-refractivity contribution is 5.77. The number of nitrogens with one attached hydrogen (secondary N) is 2. The second kappa shape index (κ2) is 5.59. The van der Waals surface area contributed by atoms with Gasteiger partial charge >= 0.3 is 0 Å². The third-order valence-corrected chi connectivity index (χ3v) is 3.61. The molecule has 2 heterocycles. The van der Waals surface area contributed by atoms with E-state index in [2.05, 4.69) is 25.7 Å².